The second-order valence-corrected chi connectivity index (χ2v) is 3.36. The minimum atomic E-state index is -0.640. The molecule has 0 radical (unpaired) electrons. The second-order valence-electron chi connectivity index (χ2n) is 3.00. The molecule has 88 valence electrons. The molecule has 0 spiro atoms. The molecule has 17 heavy (non-hydrogen) atoms. The maximum atomic E-state index is 12.9. The third kappa shape index (κ3) is 2.72. The fourth-order valence-electron chi connectivity index (χ4n) is 1.09. The van der Waals surface area contributed by atoms with Gasteiger partial charge in [0.1, 0.15) is 11.0 Å². The first-order chi connectivity index (χ1) is 8.16. The first-order valence-corrected chi connectivity index (χ1v) is 4.86. The molecule has 9 heteroatoms. The summed E-state index contributed by atoms with van der Waals surface area (Å²) in [6.07, 6.45) is 0.929. The van der Waals surface area contributed by atoms with Crippen LogP contribution in [0.5, 0.6) is 0 Å². The molecule has 0 atom stereocenters. The van der Waals surface area contributed by atoms with Crippen LogP contribution in [-0.4, -0.2) is 31.5 Å². The molecule has 2 heterocycles. The summed E-state index contributed by atoms with van der Waals surface area (Å²) in [4.78, 5) is 15.1. The lowest BCUT2D eigenvalue weighted by atomic mass is 10.2. The van der Waals surface area contributed by atoms with Gasteiger partial charge in [-0.3, -0.25) is 4.79 Å². The number of nitrogens with one attached hydrogen (secondary N) is 2. The normalized spacial score (nSPS) is 10.2. The first-order valence-electron chi connectivity index (χ1n) is 4.48. The summed E-state index contributed by atoms with van der Waals surface area (Å²) in [5.74, 6) is -0.898. The van der Waals surface area contributed by atoms with Gasteiger partial charge in [0.05, 0.1) is 18.3 Å². The third-order valence-corrected chi connectivity index (χ3v) is 2.15. The Morgan fingerprint density at radius 1 is 1.59 bits per heavy atom. The van der Waals surface area contributed by atoms with Crippen molar-refractivity contribution in [1.82, 2.24) is 30.9 Å². The summed E-state index contributed by atoms with van der Waals surface area (Å²) >= 11 is 5.66. The Bertz CT molecular complexity index is 531. The minimum Gasteiger partial charge on any atom is -0.344 e. The first kappa shape index (κ1) is 11.4. The number of carbonyl (C=O) groups excluding carboxylic acids is 1. The van der Waals surface area contributed by atoms with Crippen LogP contribution in [-0.2, 0) is 6.54 Å². The molecule has 2 N–H and O–H groups in total. The van der Waals surface area contributed by atoms with Crippen LogP contribution in [0, 0.1) is 5.82 Å². The van der Waals surface area contributed by atoms with Crippen LogP contribution < -0.4 is 5.32 Å². The maximum absolute atomic E-state index is 12.9. The summed E-state index contributed by atoms with van der Waals surface area (Å²) in [6, 6.07) is 1.00. The molecule has 0 aliphatic carbocycles. The number of hydrogen-bond donors (Lipinski definition) is 2. The monoisotopic (exact) mass is 256 g/mol. The van der Waals surface area contributed by atoms with Gasteiger partial charge in [0.25, 0.3) is 5.91 Å². The molecule has 2 rings (SSSR count). The summed E-state index contributed by atoms with van der Waals surface area (Å²) in [7, 11) is 0. The van der Waals surface area contributed by atoms with E-state index in [1.54, 1.807) is 0 Å². The molecule has 2 aromatic heterocycles. The molecule has 0 unspecified atom stereocenters. The predicted octanol–water partition coefficient (Wildman–Crippen LogP) is 0.317. The smallest absolute Gasteiger partial charge is 0.254 e. The number of carbonyl (C=O) groups is 1. The molecule has 0 aromatic carbocycles. The molecule has 0 aliphatic heterocycles. The van der Waals surface area contributed by atoms with Gasteiger partial charge in [-0.05, 0) is 6.07 Å². The average molecular weight is 257 g/mol. The van der Waals surface area contributed by atoms with Crippen LogP contribution in [0.4, 0.5) is 4.39 Å². The highest BCUT2D eigenvalue weighted by Gasteiger charge is 2.13. The van der Waals surface area contributed by atoms with Crippen LogP contribution in [0.25, 0.3) is 0 Å². The molecule has 0 fully saturated rings. The number of halogens is 2. The Labute approximate surface area is 99.4 Å². The van der Waals surface area contributed by atoms with Gasteiger partial charge >= 0.3 is 0 Å². The molecule has 0 bridgehead atoms. The number of hydrogen-bond acceptors (Lipinski definition) is 5. The average Bonchev–Trinajstić information content (AvgIpc) is 2.82. The summed E-state index contributed by atoms with van der Waals surface area (Å²) in [5, 5.41) is 15.2. The fourth-order valence-corrected chi connectivity index (χ4v) is 1.28. The van der Waals surface area contributed by atoms with Gasteiger partial charge in [0.2, 0.25) is 0 Å². The van der Waals surface area contributed by atoms with E-state index in [-0.39, 0.29) is 17.3 Å². The van der Waals surface area contributed by atoms with Crippen molar-refractivity contribution in [1.29, 1.82) is 0 Å². The molecular weight excluding hydrogens is 251 g/mol. The molecule has 0 saturated carbocycles. The number of tetrazole rings is 1. The van der Waals surface area contributed by atoms with Crippen molar-refractivity contribution in [3.63, 3.8) is 0 Å². The quantitative estimate of drug-likeness (QED) is 0.771. The second kappa shape index (κ2) is 4.83. The zero-order chi connectivity index (χ0) is 12.3. The lowest BCUT2D eigenvalue weighted by Gasteiger charge is -2.03. The molecular formula is C8H6ClFN6O. The Morgan fingerprint density at radius 2 is 2.41 bits per heavy atom. The summed E-state index contributed by atoms with van der Waals surface area (Å²) in [5.41, 5.74) is -0.0461. The van der Waals surface area contributed by atoms with E-state index in [0.717, 1.165) is 12.3 Å². The Hall–Kier alpha value is -2.09. The van der Waals surface area contributed by atoms with Crippen LogP contribution in [0.3, 0.4) is 0 Å². The van der Waals surface area contributed by atoms with Gasteiger partial charge in [0, 0.05) is 0 Å². The number of aromatic nitrogens is 5. The van der Waals surface area contributed by atoms with Crippen LogP contribution in [0.15, 0.2) is 12.3 Å². The number of amides is 1. The Morgan fingerprint density at radius 3 is 3.12 bits per heavy atom. The van der Waals surface area contributed by atoms with E-state index in [1.165, 1.54) is 0 Å². The van der Waals surface area contributed by atoms with Gasteiger partial charge in [-0.1, -0.05) is 16.8 Å². The molecule has 7 nitrogen and oxygen atoms in total. The summed E-state index contributed by atoms with van der Waals surface area (Å²) < 4.78 is 12.9. The van der Waals surface area contributed by atoms with Crippen molar-refractivity contribution < 1.29 is 9.18 Å². The van der Waals surface area contributed by atoms with Crippen LogP contribution >= 0.6 is 11.6 Å². The van der Waals surface area contributed by atoms with Gasteiger partial charge in [-0.2, -0.15) is 5.21 Å². The summed E-state index contributed by atoms with van der Waals surface area (Å²) in [6.45, 7) is 0.0577. The van der Waals surface area contributed by atoms with E-state index in [2.05, 4.69) is 30.9 Å². The van der Waals surface area contributed by atoms with Crippen LogP contribution in [0.1, 0.15) is 16.2 Å². The lowest BCUT2D eigenvalue weighted by Crippen LogP contribution is -2.24. The maximum Gasteiger partial charge on any atom is 0.254 e. The van der Waals surface area contributed by atoms with E-state index < -0.39 is 11.7 Å². The van der Waals surface area contributed by atoms with Crippen LogP contribution in [0.2, 0.25) is 5.15 Å². The topological polar surface area (TPSA) is 96.5 Å². The highest BCUT2D eigenvalue weighted by atomic mass is 35.5. The highest BCUT2D eigenvalue weighted by Crippen LogP contribution is 2.13. The Kier molecular flexibility index (Phi) is 3.24. The number of aromatic amines is 1. The molecule has 1 amide bonds. The van der Waals surface area contributed by atoms with E-state index in [1.807, 2.05) is 0 Å². The SMILES string of the molecule is O=C(NCc1nn[nH]n1)c1cc(F)cnc1Cl. The van der Waals surface area contributed by atoms with Crippen molar-refractivity contribution in [3.05, 3.63) is 34.6 Å². The number of pyridine rings is 1. The zero-order valence-electron chi connectivity index (χ0n) is 8.31. The van der Waals surface area contributed by atoms with Gasteiger partial charge < -0.3 is 5.32 Å². The van der Waals surface area contributed by atoms with Crippen molar-refractivity contribution in [2.24, 2.45) is 0 Å². The van der Waals surface area contributed by atoms with Crippen molar-refractivity contribution >= 4 is 17.5 Å². The standard InChI is InChI=1S/C8H6ClFN6O/c9-7-5(1-4(10)2-11-7)8(17)12-3-6-13-15-16-14-6/h1-2H,3H2,(H,12,17)(H,13,14,15,16). The molecule has 2 aromatic rings. The number of rotatable bonds is 3. The highest BCUT2D eigenvalue weighted by molar-refractivity contribution is 6.32. The van der Waals surface area contributed by atoms with E-state index in [0.29, 0.717) is 5.82 Å². The zero-order valence-corrected chi connectivity index (χ0v) is 9.07. The predicted molar refractivity (Wildman–Crippen MR) is 54.6 cm³/mol. The minimum absolute atomic E-state index is 0.0461. The van der Waals surface area contributed by atoms with Gasteiger partial charge in [-0.15, -0.1) is 10.2 Å². The van der Waals surface area contributed by atoms with Crippen molar-refractivity contribution in [2.75, 3.05) is 0 Å². The van der Waals surface area contributed by atoms with Gasteiger partial charge in [-0.25, -0.2) is 9.37 Å². The largest absolute Gasteiger partial charge is 0.344 e. The van der Waals surface area contributed by atoms with Gasteiger partial charge in [0.15, 0.2) is 5.82 Å². The van der Waals surface area contributed by atoms with Crippen molar-refractivity contribution in [3.8, 4) is 0 Å². The van der Waals surface area contributed by atoms with E-state index >= 15 is 0 Å². The number of H-pyrrole nitrogens is 1. The number of nitrogens with zero attached hydrogens (tertiary/aromatic N) is 4. The fraction of sp³-hybridized carbons (Fsp3) is 0.125. The molecule has 0 saturated heterocycles. The molecule has 0 aliphatic rings. The lowest BCUT2D eigenvalue weighted by molar-refractivity contribution is 0.0949. The van der Waals surface area contributed by atoms with Crippen molar-refractivity contribution in [2.45, 2.75) is 6.54 Å². The van der Waals surface area contributed by atoms with E-state index in [9.17, 15) is 9.18 Å². The van der Waals surface area contributed by atoms with E-state index in [4.69, 9.17) is 11.6 Å². The Balaban J connectivity index is 2.07. The third-order valence-electron chi connectivity index (χ3n) is 1.85.